The molecule has 1 aromatic rings. The van der Waals surface area contributed by atoms with Gasteiger partial charge in [-0.1, -0.05) is 0 Å². The van der Waals surface area contributed by atoms with Crippen molar-refractivity contribution in [2.75, 3.05) is 30.3 Å². The normalized spacial score (nSPS) is 11.2. The molecule has 0 bridgehead atoms. The summed E-state index contributed by atoms with van der Waals surface area (Å²) in [6, 6.07) is 2.97. The number of benzene rings is 1. The van der Waals surface area contributed by atoms with E-state index in [1.54, 1.807) is 17.9 Å². The van der Waals surface area contributed by atoms with Crippen LogP contribution >= 0.6 is 0 Å². The maximum absolute atomic E-state index is 11.7. The van der Waals surface area contributed by atoms with Crippen LogP contribution in [0.25, 0.3) is 0 Å². The van der Waals surface area contributed by atoms with E-state index in [1.807, 2.05) is 13.8 Å². The number of hydrogen-bond acceptors (Lipinski definition) is 5. The molecule has 0 heterocycles. The molecule has 0 saturated carbocycles. The van der Waals surface area contributed by atoms with Gasteiger partial charge in [-0.3, -0.25) is 4.79 Å². The molecule has 21 heavy (non-hydrogen) atoms. The number of nitrogens with two attached hydrogens (primary N) is 2. The Morgan fingerprint density at radius 1 is 1.33 bits per heavy atom. The Balaban J connectivity index is 3.27. The summed E-state index contributed by atoms with van der Waals surface area (Å²) in [7, 11) is -3.87. The highest BCUT2D eigenvalue weighted by Gasteiger charge is 2.19. The third-order valence-corrected chi connectivity index (χ3v) is 4.13. The zero-order valence-electron chi connectivity index (χ0n) is 12.5. The summed E-state index contributed by atoms with van der Waals surface area (Å²) >= 11 is 0. The second kappa shape index (κ2) is 6.77. The summed E-state index contributed by atoms with van der Waals surface area (Å²) in [6.45, 7) is 6.55. The Labute approximate surface area is 125 Å². The van der Waals surface area contributed by atoms with Crippen molar-refractivity contribution in [3.8, 4) is 0 Å². The van der Waals surface area contributed by atoms with Crippen molar-refractivity contribution in [3.05, 3.63) is 17.7 Å². The van der Waals surface area contributed by atoms with Crippen molar-refractivity contribution in [2.45, 2.75) is 25.7 Å². The molecule has 0 radical (unpaired) electrons. The minimum atomic E-state index is -3.87. The van der Waals surface area contributed by atoms with Crippen LogP contribution in [-0.4, -0.2) is 34.0 Å². The first-order chi connectivity index (χ1) is 9.70. The van der Waals surface area contributed by atoms with Gasteiger partial charge in [-0.2, -0.15) is 0 Å². The van der Waals surface area contributed by atoms with Gasteiger partial charge in [-0.05, 0) is 38.5 Å². The van der Waals surface area contributed by atoms with Gasteiger partial charge < -0.3 is 16.0 Å². The summed E-state index contributed by atoms with van der Waals surface area (Å²) in [5.41, 5.74) is 7.12. The zero-order valence-corrected chi connectivity index (χ0v) is 13.3. The minimum absolute atomic E-state index is 0.0214. The summed E-state index contributed by atoms with van der Waals surface area (Å²) in [4.78, 5) is 13.5. The molecule has 1 rings (SSSR count). The lowest BCUT2D eigenvalue weighted by Crippen LogP contribution is -2.37. The number of carbonyl (C=O) groups excluding carboxylic acids is 1. The standard InChI is InChI=1S/C13H22N4O3S/c1-4-16-13(18)8-17(5-2)11-6-10(14)7-12(9(11)3)21(15,19)20/h6-7H,4-5,8,14H2,1-3H3,(H,16,18)(H2,15,19,20). The maximum Gasteiger partial charge on any atom is 0.239 e. The van der Waals surface area contributed by atoms with E-state index in [-0.39, 0.29) is 23.0 Å². The van der Waals surface area contributed by atoms with Crippen LogP contribution in [-0.2, 0) is 14.8 Å². The Morgan fingerprint density at radius 2 is 1.95 bits per heavy atom. The molecule has 5 N–H and O–H groups in total. The van der Waals surface area contributed by atoms with Crippen molar-refractivity contribution in [1.29, 1.82) is 0 Å². The fraction of sp³-hybridized carbons (Fsp3) is 0.462. The molecule has 0 aliphatic carbocycles. The molecule has 1 aromatic carbocycles. The smallest absolute Gasteiger partial charge is 0.239 e. The minimum Gasteiger partial charge on any atom is -0.399 e. The summed E-state index contributed by atoms with van der Waals surface area (Å²) in [5, 5.41) is 7.91. The van der Waals surface area contributed by atoms with Crippen molar-refractivity contribution >= 4 is 27.3 Å². The van der Waals surface area contributed by atoms with Gasteiger partial charge in [-0.15, -0.1) is 0 Å². The largest absolute Gasteiger partial charge is 0.399 e. The van der Waals surface area contributed by atoms with E-state index in [0.717, 1.165) is 0 Å². The van der Waals surface area contributed by atoms with Crippen LogP contribution < -0.4 is 21.1 Å². The molecular weight excluding hydrogens is 292 g/mol. The predicted octanol–water partition coefficient (Wildman–Crippen LogP) is 0.187. The number of likely N-dealkylation sites (N-methyl/N-ethyl adjacent to an activating group) is 2. The number of rotatable bonds is 6. The summed E-state index contributed by atoms with van der Waals surface area (Å²) in [5.74, 6) is -0.140. The first-order valence-corrected chi connectivity index (χ1v) is 8.19. The molecule has 0 saturated heterocycles. The van der Waals surface area contributed by atoms with Gasteiger partial charge >= 0.3 is 0 Å². The zero-order chi connectivity index (χ0) is 16.2. The number of nitrogens with zero attached hydrogens (tertiary/aromatic N) is 1. The topological polar surface area (TPSA) is 119 Å². The second-order valence-corrected chi connectivity index (χ2v) is 6.21. The van der Waals surface area contributed by atoms with E-state index < -0.39 is 10.0 Å². The van der Waals surface area contributed by atoms with Crippen LogP contribution in [0.3, 0.4) is 0 Å². The lowest BCUT2D eigenvalue weighted by molar-refractivity contribution is -0.119. The molecule has 118 valence electrons. The lowest BCUT2D eigenvalue weighted by atomic mass is 10.1. The number of carbonyl (C=O) groups is 1. The van der Waals surface area contributed by atoms with E-state index >= 15 is 0 Å². The molecule has 7 nitrogen and oxygen atoms in total. The monoisotopic (exact) mass is 314 g/mol. The SMILES string of the molecule is CCNC(=O)CN(CC)c1cc(N)cc(S(N)(=O)=O)c1C. The number of sulfonamides is 1. The van der Waals surface area contributed by atoms with Crippen LogP contribution in [0, 0.1) is 6.92 Å². The molecule has 0 aromatic heterocycles. The van der Waals surface area contributed by atoms with Crippen molar-refractivity contribution in [3.63, 3.8) is 0 Å². The number of nitrogen functional groups attached to an aromatic ring is 1. The Morgan fingerprint density at radius 3 is 2.43 bits per heavy atom. The molecule has 0 aliphatic heterocycles. The maximum atomic E-state index is 11.7. The summed E-state index contributed by atoms with van der Waals surface area (Å²) < 4.78 is 23.2. The Kier molecular flexibility index (Phi) is 5.56. The molecule has 0 fully saturated rings. The van der Waals surface area contributed by atoms with E-state index in [4.69, 9.17) is 10.9 Å². The first kappa shape index (κ1) is 17.3. The third kappa shape index (κ3) is 4.33. The lowest BCUT2D eigenvalue weighted by Gasteiger charge is -2.25. The fourth-order valence-electron chi connectivity index (χ4n) is 2.11. The van der Waals surface area contributed by atoms with E-state index in [1.165, 1.54) is 6.07 Å². The predicted molar refractivity (Wildman–Crippen MR) is 83.5 cm³/mol. The van der Waals surface area contributed by atoms with E-state index in [2.05, 4.69) is 5.32 Å². The highest BCUT2D eigenvalue weighted by molar-refractivity contribution is 7.89. The number of nitrogens with one attached hydrogen (secondary N) is 1. The number of hydrogen-bond donors (Lipinski definition) is 3. The highest BCUT2D eigenvalue weighted by Crippen LogP contribution is 2.29. The second-order valence-electron chi connectivity index (χ2n) is 4.68. The van der Waals surface area contributed by atoms with E-state index in [9.17, 15) is 13.2 Å². The number of amides is 1. The quantitative estimate of drug-likeness (QED) is 0.648. The third-order valence-electron chi connectivity index (χ3n) is 3.09. The van der Waals surface area contributed by atoms with Gasteiger partial charge in [0.25, 0.3) is 0 Å². The molecule has 8 heteroatoms. The average molecular weight is 314 g/mol. The van der Waals surface area contributed by atoms with Crippen molar-refractivity contribution < 1.29 is 13.2 Å². The Bertz CT molecular complexity index is 629. The van der Waals surface area contributed by atoms with Gasteiger partial charge in [0.2, 0.25) is 15.9 Å². The first-order valence-electron chi connectivity index (χ1n) is 6.65. The van der Waals surface area contributed by atoms with Gasteiger partial charge in [0.05, 0.1) is 11.4 Å². The van der Waals surface area contributed by atoms with Crippen LogP contribution in [0.5, 0.6) is 0 Å². The number of anilines is 2. The van der Waals surface area contributed by atoms with Crippen molar-refractivity contribution in [2.24, 2.45) is 5.14 Å². The molecule has 0 unspecified atom stereocenters. The van der Waals surface area contributed by atoms with Crippen LogP contribution in [0.2, 0.25) is 0 Å². The van der Waals surface area contributed by atoms with Crippen LogP contribution in [0.1, 0.15) is 19.4 Å². The molecule has 1 amide bonds. The van der Waals surface area contributed by atoms with Gasteiger partial charge in [0.15, 0.2) is 0 Å². The highest BCUT2D eigenvalue weighted by atomic mass is 32.2. The summed E-state index contributed by atoms with van der Waals surface area (Å²) in [6.07, 6.45) is 0. The van der Waals surface area contributed by atoms with Crippen molar-refractivity contribution in [1.82, 2.24) is 5.32 Å². The van der Waals surface area contributed by atoms with Gasteiger partial charge in [0.1, 0.15) is 0 Å². The van der Waals surface area contributed by atoms with Gasteiger partial charge in [-0.25, -0.2) is 13.6 Å². The van der Waals surface area contributed by atoms with E-state index in [0.29, 0.717) is 24.3 Å². The van der Waals surface area contributed by atoms with Gasteiger partial charge in [0, 0.05) is 24.5 Å². The molecule has 0 spiro atoms. The molecule has 0 atom stereocenters. The Hall–Kier alpha value is -1.80. The average Bonchev–Trinajstić information content (AvgIpc) is 2.37. The van der Waals surface area contributed by atoms with Crippen LogP contribution in [0.15, 0.2) is 17.0 Å². The fourth-order valence-corrected chi connectivity index (χ4v) is 2.94. The molecular formula is C13H22N4O3S. The number of primary sulfonamides is 1. The molecule has 0 aliphatic rings. The van der Waals surface area contributed by atoms with Crippen LogP contribution in [0.4, 0.5) is 11.4 Å².